The molecule has 0 bridgehead atoms. The number of hydrogen-bond donors (Lipinski definition) is 1. The number of nitrogens with zero attached hydrogens (tertiary/aromatic N) is 2. The lowest BCUT2D eigenvalue weighted by molar-refractivity contribution is -0.122. The van der Waals surface area contributed by atoms with Gasteiger partial charge in [0.1, 0.15) is 0 Å². The normalized spacial score (nSPS) is 20.9. The number of carbonyl (C=O) groups excluding carboxylic acids is 1. The summed E-state index contributed by atoms with van der Waals surface area (Å²) >= 11 is 0. The number of benzene rings is 1. The predicted octanol–water partition coefficient (Wildman–Crippen LogP) is 2.88. The minimum atomic E-state index is 0.0675. The molecule has 4 nitrogen and oxygen atoms in total. The highest BCUT2D eigenvalue weighted by atomic mass is 16.2. The lowest BCUT2D eigenvalue weighted by atomic mass is 9.93. The van der Waals surface area contributed by atoms with Crippen molar-refractivity contribution in [2.45, 2.75) is 38.8 Å². The monoisotopic (exact) mass is 323 g/mol. The highest BCUT2D eigenvalue weighted by Crippen LogP contribution is 2.32. The van der Waals surface area contributed by atoms with Crippen molar-refractivity contribution < 1.29 is 4.79 Å². The van der Waals surface area contributed by atoms with Gasteiger partial charge in [-0.2, -0.15) is 0 Å². The van der Waals surface area contributed by atoms with E-state index in [1.54, 1.807) is 6.20 Å². The van der Waals surface area contributed by atoms with E-state index < -0.39 is 0 Å². The fourth-order valence-electron chi connectivity index (χ4n) is 3.52. The number of aryl methyl sites for hydroxylation is 1. The van der Waals surface area contributed by atoms with Gasteiger partial charge in [0.15, 0.2) is 0 Å². The van der Waals surface area contributed by atoms with Crippen LogP contribution in [0, 0.1) is 6.92 Å². The van der Waals surface area contributed by atoms with Crippen molar-refractivity contribution in [2.24, 2.45) is 0 Å². The van der Waals surface area contributed by atoms with Gasteiger partial charge in [-0.25, -0.2) is 0 Å². The number of aromatic nitrogens is 1. The molecule has 126 valence electrons. The number of rotatable bonds is 5. The molecule has 0 saturated carbocycles. The Kier molecular flexibility index (Phi) is 5.26. The molecule has 2 unspecified atom stereocenters. The van der Waals surface area contributed by atoms with Crippen LogP contribution < -0.4 is 5.32 Å². The third-order valence-corrected chi connectivity index (χ3v) is 4.87. The molecule has 4 heteroatoms. The molecule has 24 heavy (non-hydrogen) atoms. The number of amides is 1. The molecule has 2 atom stereocenters. The third-order valence-electron chi connectivity index (χ3n) is 4.87. The standard InChI is InChI=1S/C20H25N3O/c1-15-7-3-4-9-19(15)17-11-16(2)23(13-17)14-20(24)22-12-18-8-5-6-10-21-18/h3-10,16-17H,11-14H2,1-2H3,(H,22,24). The first-order chi connectivity index (χ1) is 11.6. The molecular formula is C20H25N3O. The molecular weight excluding hydrogens is 298 g/mol. The SMILES string of the molecule is Cc1ccccc1C1CC(C)N(CC(=O)NCc2ccccn2)C1. The van der Waals surface area contributed by atoms with E-state index >= 15 is 0 Å². The largest absolute Gasteiger partial charge is 0.349 e. The summed E-state index contributed by atoms with van der Waals surface area (Å²) in [7, 11) is 0. The Morgan fingerprint density at radius 1 is 1.25 bits per heavy atom. The highest BCUT2D eigenvalue weighted by Gasteiger charge is 2.31. The fraction of sp³-hybridized carbons (Fsp3) is 0.400. The van der Waals surface area contributed by atoms with Crippen LogP contribution in [0.25, 0.3) is 0 Å². The van der Waals surface area contributed by atoms with Crippen LogP contribution in [0.5, 0.6) is 0 Å². The second-order valence-corrected chi connectivity index (χ2v) is 6.67. The van der Waals surface area contributed by atoms with Gasteiger partial charge >= 0.3 is 0 Å². The van der Waals surface area contributed by atoms with Gasteiger partial charge < -0.3 is 5.32 Å². The molecule has 1 aromatic heterocycles. The first-order valence-electron chi connectivity index (χ1n) is 8.59. The van der Waals surface area contributed by atoms with Gasteiger partial charge in [-0.15, -0.1) is 0 Å². The first kappa shape index (κ1) is 16.7. The smallest absolute Gasteiger partial charge is 0.234 e. The number of hydrogen-bond acceptors (Lipinski definition) is 3. The van der Waals surface area contributed by atoms with Gasteiger partial charge in [0.2, 0.25) is 5.91 Å². The minimum absolute atomic E-state index is 0.0675. The van der Waals surface area contributed by atoms with Gasteiger partial charge in [0.25, 0.3) is 0 Å². The average Bonchev–Trinajstić information content (AvgIpc) is 2.95. The molecule has 1 amide bonds. The zero-order valence-corrected chi connectivity index (χ0v) is 14.4. The van der Waals surface area contributed by atoms with E-state index in [9.17, 15) is 4.79 Å². The minimum Gasteiger partial charge on any atom is -0.349 e. The topological polar surface area (TPSA) is 45.2 Å². The summed E-state index contributed by atoms with van der Waals surface area (Å²) in [6.07, 6.45) is 2.86. The zero-order valence-electron chi connectivity index (χ0n) is 14.4. The molecule has 1 aliphatic rings. The Bertz CT molecular complexity index is 686. The lowest BCUT2D eigenvalue weighted by Gasteiger charge is -2.20. The molecule has 1 saturated heterocycles. The van der Waals surface area contributed by atoms with Crippen LogP contribution >= 0.6 is 0 Å². The Morgan fingerprint density at radius 3 is 2.79 bits per heavy atom. The summed E-state index contributed by atoms with van der Waals surface area (Å²) < 4.78 is 0. The van der Waals surface area contributed by atoms with Crippen LogP contribution in [0.3, 0.4) is 0 Å². The van der Waals surface area contributed by atoms with Crippen LogP contribution in [0.2, 0.25) is 0 Å². The Balaban J connectivity index is 1.54. The summed E-state index contributed by atoms with van der Waals surface area (Å²) in [5, 5.41) is 2.97. The van der Waals surface area contributed by atoms with E-state index in [1.165, 1.54) is 11.1 Å². The second kappa shape index (κ2) is 7.58. The Morgan fingerprint density at radius 2 is 2.04 bits per heavy atom. The van der Waals surface area contributed by atoms with Crippen molar-refractivity contribution >= 4 is 5.91 Å². The third kappa shape index (κ3) is 4.01. The molecule has 1 aromatic carbocycles. The first-order valence-corrected chi connectivity index (χ1v) is 8.59. The van der Waals surface area contributed by atoms with Crippen LogP contribution in [-0.2, 0) is 11.3 Å². The number of nitrogens with one attached hydrogen (secondary N) is 1. The predicted molar refractivity (Wildman–Crippen MR) is 95.7 cm³/mol. The van der Waals surface area contributed by atoms with E-state index in [2.05, 4.69) is 53.3 Å². The van der Waals surface area contributed by atoms with Crippen LogP contribution in [0.1, 0.15) is 36.1 Å². The Labute approximate surface area is 143 Å². The van der Waals surface area contributed by atoms with E-state index in [-0.39, 0.29) is 5.91 Å². The summed E-state index contributed by atoms with van der Waals surface area (Å²) in [6.45, 7) is 6.27. The maximum absolute atomic E-state index is 12.2. The van der Waals surface area contributed by atoms with Crippen molar-refractivity contribution in [3.8, 4) is 0 Å². The molecule has 2 aromatic rings. The van der Waals surface area contributed by atoms with E-state index in [0.29, 0.717) is 25.0 Å². The van der Waals surface area contributed by atoms with Crippen LogP contribution in [0.4, 0.5) is 0 Å². The lowest BCUT2D eigenvalue weighted by Crippen LogP contribution is -2.38. The van der Waals surface area contributed by atoms with Gasteiger partial charge in [-0.05, 0) is 49.4 Å². The van der Waals surface area contributed by atoms with Crippen LogP contribution in [-0.4, -0.2) is 34.9 Å². The summed E-state index contributed by atoms with van der Waals surface area (Å²) in [5.41, 5.74) is 3.65. The molecule has 1 fully saturated rings. The maximum atomic E-state index is 12.2. The molecule has 0 spiro atoms. The highest BCUT2D eigenvalue weighted by molar-refractivity contribution is 5.78. The van der Waals surface area contributed by atoms with E-state index in [0.717, 1.165) is 18.7 Å². The maximum Gasteiger partial charge on any atom is 0.234 e. The average molecular weight is 323 g/mol. The molecule has 1 N–H and O–H groups in total. The zero-order chi connectivity index (χ0) is 16.9. The quantitative estimate of drug-likeness (QED) is 0.920. The van der Waals surface area contributed by atoms with E-state index in [4.69, 9.17) is 0 Å². The molecule has 3 rings (SSSR count). The second-order valence-electron chi connectivity index (χ2n) is 6.67. The number of carbonyl (C=O) groups is 1. The summed E-state index contributed by atoms with van der Waals surface area (Å²) in [4.78, 5) is 18.8. The van der Waals surface area contributed by atoms with Gasteiger partial charge in [-0.1, -0.05) is 30.3 Å². The van der Waals surface area contributed by atoms with Crippen molar-refractivity contribution in [3.63, 3.8) is 0 Å². The van der Waals surface area contributed by atoms with Crippen LogP contribution in [0.15, 0.2) is 48.7 Å². The molecule has 1 aliphatic heterocycles. The molecule has 0 radical (unpaired) electrons. The van der Waals surface area contributed by atoms with E-state index in [1.807, 2.05) is 18.2 Å². The Hall–Kier alpha value is -2.20. The van der Waals surface area contributed by atoms with Crippen molar-refractivity contribution in [3.05, 3.63) is 65.5 Å². The molecule has 0 aliphatic carbocycles. The van der Waals surface area contributed by atoms with Gasteiger partial charge in [0.05, 0.1) is 18.8 Å². The molecule has 2 heterocycles. The summed E-state index contributed by atoms with van der Waals surface area (Å²) in [5.74, 6) is 0.586. The van der Waals surface area contributed by atoms with Gasteiger partial charge in [0, 0.05) is 18.8 Å². The number of pyridine rings is 1. The summed E-state index contributed by atoms with van der Waals surface area (Å²) in [6, 6.07) is 14.7. The number of likely N-dealkylation sites (tertiary alicyclic amines) is 1. The fourth-order valence-corrected chi connectivity index (χ4v) is 3.52. The van der Waals surface area contributed by atoms with Crippen molar-refractivity contribution in [1.82, 2.24) is 15.2 Å². The van der Waals surface area contributed by atoms with Crippen molar-refractivity contribution in [2.75, 3.05) is 13.1 Å². The van der Waals surface area contributed by atoms with Crippen molar-refractivity contribution in [1.29, 1.82) is 0 Å². The van der Waals surface area contributed by atoms with Gasteiger partial charge in [-0.3, -0.25) is 14.7 Å².